The Morgan fingerprint density at radius 3 is 1.25 bits per heavy atom. The zero-order valence-corrected chi connectivity index (χ0v) is 8.94. The lowest BCUT2D eigenvalue weighted by Gasteiger charge is -1.95. The second kappa shape index (κ2) is 11.3. The molecule has 0 aromatic rings. The third kappa shape index (κ3) is 22.8. The topological polar surface area (TPSA) is 152 Å². The molecular weight excluding hydrogens is 222 g/mol. The van der Waals surface area contributed by atoms with E-state index in [1.807, 2.05) is 0 Å². The van der Waals surface area contributed by atoms with Gasteiger partial charge in [-0.1, -0.05) is 0 Å². The minimum absolute atomic E-state index is 0. The van der Waals surface area contributed by atoms with Crippen LogP contribution in [-0.2, 0) is 19.2 Å². The van der Waals surface area contributed by atoms with Gasteiger partial charge >= 0.3 is 11.9 Å². The molecule has 0 aromatic carbocycles. The van der Waals surface area contributed by atoms with Gasteiger partial charge in [-0.15, -0.1) is 0 Å². The van der Waals surface area contributed by atoms with Crippen LogP contribution < -0.4 is 5.32 Å². The van der Waals surface area contributed by atoms with Gasteiger partial charge < -0.3 is 21.0 Å². The lowest BCUT2D eigenvalue weighted by atomic mass is 10.4. The van der Waals surface area contributed by atoms with Gasteiger partial charge in [0.05, 0.1) is 13.1 Å². The predicted molar refractivity (Wildman–Crippen MR) is 53.1 cm³/mol. The van der Waals surface area contributed by atoms with E-state index in [1.54, 1.807) is 0 Å². The van der Waals surface area contributed by atoms with Crippen molar-refractivity contribution in [2.24, 2.45) is 0 Å². The fourth-order valence-electron chi connectivity index (χ4n) is 0.415. The molecule has 0 bridgehead atoms. The van der Waals surface area contributed by atoms with E-state index in [9.17, 15) is 9.59 Å². The number of hydrogen-bond acceptors (Lipinski definition) is 5. The third-order valence-electron chi connectivity index (χ3n) is 0.931. The molecule has 0 radical (unpaired) electrons. The van der Waals surface area contributed by atoms with Crippen LogP contribution in [0.15, 0.2) is 0 Å². The monoisotopic (exact) mass is 237 g/mol. The molecule has 0 fully saturated rings. The molecule has 0 rings (SSSR count). The molecule has 0 amide bonds. The Morgan fingerprint density at radius 2 is 1.12 bits per heavy atom. The fraction of sp³-hybridized carbons (Fsp3) is 0.500. The minimum Gasteiger partial charge on any atom is -0.473 e. The maximum Gasteiger partial charge on any atom is 0.414 e. The van der Waals surface area contributed by atoms with Crippen LogP contribution in [-0.4, -0.2) is 52.3 Å². The molecule has 8 heteroatoms. The molecule has 0 aliphatic rings. The first-order valence-corrected chi connectivity index (χ1v) is 3.93. The van der Waals surface area contributed by atoms with Crippen molar-refractivity contribution >= 4 is 23.5 Å². The molecule has 94 valence electrons. The summed E-state index contributed by atoms with van der Waals surface area (Å²) >= 11 is 0. The van der Waals surface area contributed by atoms with Gasteiger partial charge in [0.25, 0.3) is 0 Å². The maximum atomic E-state index is 10.3. The van der Waals surface area contributed by atoms with E-state index >= 15 is 0 Å². The highest BCUT2D eigenvalue weighted by Gasteiger charge is 2.04. The lowest BCUT2D eigenvalue weighted by molar-refractivity contribution is -0.159. The second-order valence-corrected chi connectivity index (χ2v) is 2.62. The standard InChI is InChI=1S/C6H11NO2.C2H2O4.H2O/c1-5(8)3-7-4-6(2)9;3-1(4)2(5)6;/h7H,3-4H2,1-2H3;(H,3,4)(H,5,6);1H2. The van der Waals surface area contributed by atoms with Crippen LogP contribution in [0.25, 0.3) is 0 Å². The first-order chi connectivity index (χ1) is 6.77. The molecule has 0 saturated carbocycles. The molecule has 0 spiro atoms. The van der Waals surface area contributed by atoms with E-state index in [1.165, 1.54) is 13.8 Å². The van der Waals surface area contributed by atoms with E-state index < -0.39 is 11.9 Å². The number of hydrogen-bond donors (Lipinski definition) is 3. The van der Waals surface area contributed by atoms with Crippen LogP contribution in [0, 0.1) is 0 Å². The number of Topliss-reactive ketones (excluding diaryl/α,β-unsaturated/α-hetero) is 2. The number of rotatable bonds is 4. The smallest absolute Gasteiger partial charge is 0.414 e. The van der Waals surface area contributed by atoms with Crippen LogP contribution in [0.5, 0.6) is 0 Å². The first kappa shape index (κ1) is 19.7. The van der Waals surface area contributed by atoms with Gasteiger partial charge in [-0.3, -0.25) is 9.59 Å². The van der Waals surface area contributed by atoms with Crippen molar-refractivity contribution in [3.63, 3.8) is 0 Å². The Balaban J connectivity index is -0.000000214. The zero-order chi connectivity index (χ0) is 12.4. The fourth-order valence-corrected chi connectivity index (χ4v) is 0.415. The summed E-state index contributed by atoms with van der Waals surface area (Å²) in [6.45, 7) is 3.54. The second-order valence-electron chi connectivity index (χ2n) is 2.62. The van der Waals surface area contributed by atoms with Gasteiger partial charge in [-0.25, -0.2) is 9.59 Å². The molecule has 0 heterocycles. The summed E-state index contributed by atoms with van der Waals surface area (Å²) in [5.41, 5.74) is 0. The van der Waals surface area contributed by atoms with Crippen LogP contribution in [0.2, 0.25) is 0 Å². The van der Waals surface area contributed by atoms with Crippen molar-refractivity contribution in [1.29, 1.82) is 0 Å². The number of ketones is 2. The number of carboxylic acids is 2. The maximum absolute atomic E-state index is 10.3. The average Bonchev–Trinajstić information content (AvgIpc) is 2.03. The van der Waals surface area contributed by atoms with Gasteiger partial charge in [-0.2, -0.15) is 0 Å². The number of aliphatic carboxylic acids is 2. The molecular formula is C8H15NO7. The van der Waals surface area contributed by atoms with Crippen molar-refractivity contribution in [3.8, 4) is 0 Å². The van der Waals surface area contributed by atoms with Gasteiger partial charge in [-0.05, 0) is 13.8 Å². The Bertz CT molecular complexity index is 235. The summed E-state index contributed by atoms with van der Waals surface area (Å²) in [4.78, 5) is 38.7. The molecule has 0 aromatic heterocycles. The summed E-state index contributed by atoms with van der Waals surface area (Å²) in [6, 6.07) is 0. The summed E-state index contributed by atoms with van der Waals surface area (Å²) in [6.07, 6.45) is 0. The van der Waals surface area contributed by atoms with Crippen molar-refractivity contribution in [1.82, 2.24) is 5.32 Å². The van der Waals surface area contributed by atoms with Crippen molar-refractivity contribution in [2.45, 2.75) is 13.8 Å². The largest absolute Gasteiger partial charge is 0.473 e. The number of nitrogens with one attached hydrogen (secondary N) is 1. The van der Waals surface area contributed by atoms with Crippen LogP contribution in [0.1, 0.15) is 13.8 Å². The summed E-state index contributed by atoms with van der Waals surface area (Å²) in [5.74, 6) is -3.54. The van der Waals surface area contributed by atoms with Gasteiger partial charge in [0.2, 0.25) is 0 Å². The predicted octanol–water partition coefficient (Wildman–Crippen LogP) is -1.92. The highest BCUT2D eigenvalue weighted by Crippen LogP contribution is 1.66. The van der Waals surface area contributed by atoms with Crippen LogP contribution in [0.3, 0.4) is 0 Å². The molecule has 8 nitrogen and oxygen atoms in total. The minimum atomic E-state index is -1.82. The van der Waals surface area contributed by atoms with Gasteiger partial charge in [0, 0.05) is 0 Å². The molecule has 0 atom stereocenters. The van der Waals surface area contributed by atoms with E-state index in [2.05, 4.69) is 5.32 Å². The number of carbonyl (C=O) groups is 4. The Hall–Kier alpha value is -1.80. The molecule has 0 aliphatic heterocycles. The van der Waals surface area contributed by atoms with E-state index in [0.29, 0.717) is 13.1 Å². The first-order valence-electron chi connectivity index (χ1n) is 3.93. The Labute approximate surface area is 91.6 Å². The molecule has 0 saturated heterocycles. The van der Waals surface area contributed by atoms with Crippen LogP contribution >= 0.6 is 0 Å². The normalized spacial score (nSPS) is 7.88. The summed E-state index contributed by atoms with van der Waals surface area (Å²) in [7, 11) is 0. The molecule has 0 unspecified atom stereocenters. The SMILES string of the molecule is CC(=O)CNCC(C)=O.O.O=C(O)C(=O)O. The van der Waals surface area contributed by atoms with E-state index in [-0.39, 0.29) is 17.0 Å². The molecule has 16 heavy (non-hydrogen) atoms. The number of carbonyl (C=O) groups excluding carboxylic acids is 2. The summed E-state index contributed by atoms with van der Waals surface area (Å²) in [5, 5.41) is 17.5. The van der Waals surface area contributed by atoms with Crippen LogP contribution in [0.4, 0.5) is 0 Å². The Morgan fingerprint density at radius 1 is 0.875 bits per heavy atom. The van der Waals surface area contributed by atoms with Gasteiger partial charge in [0.15, 0.2) is 0 Å². The van der Waals surface area contributed by atoms with Gasteiger partial charge in [0.1, 0.15) is 11.6 Å². The quantitative estimate of drug-likeness (QED) is 0.482. The van der Waals surface area contributed by atoms with Crippen molar-refractivity contribution in [2.75, 3.05) is 13.1 Å². The highest BCUT2D eigenvalue weighted by atomic mass is 16.4. The van der Waals surface area contributed by atoms with Crippen molar-refractivity contribution in [3.05, 3.63) is 0 Å². The zero-order valence-electron chi connectivity index (χ0n) is 8.94. The van der Waals surface area contributed by atoms with E-state index in [0.717, 1.165) is 0 Å². The third-order valence-corrected chi connectivity index (χ3v) is 0.931. The summed E-state index contributed by atoms with van der Waals surface area (Å²) < 4.78 is 0. The van der Waals surface area contributed by atoms with E-state index in [4.69, 9.17) is 19.8 Å². The molecule has 5 N–H and O–H groups in total. The number of carboxylic acid groups (broad SMARTS) is 2. The van der Waals surface area contributed by atoms with Crippen molar-refractivity contribution < 1.29 is 34.9 Å². The Kier molecular flexibility index (Phi) is 13.9. The lowest BCUT2D eigenvalue weighted by Crippen LogP contribution is -2.25. The highest BCUT2D eigenvalue weighted by molar-refractivity contribution is 6.27. The average molecular weight is 237 g/mol. The molecule has 0 aliphatic carbocycles.